The van der Waals surface area contributed by atoms with Crippen LogP contribution in [0.2, 0.25) is 0 Å². The van der Waals surface area contributed by atoms with E-state index in [0.29, 0.717) is 19.3 Å². The lowest BCUT2D eigenvalue weighted by atomic mass is 10.1. The zero-order valence-electron chi connectivity index (χ0n) is 17.3. The summed E-state index contributed by atoms with van der Waals surface area (Å²) in [5.74, 6) is 0.134. The van der Waals surface area contributed by atoms with Crippen LogP contribution in [-0.4, -0.2) is 43.8 Å². The number of carbonyl (C=O) groups is 2. The fourth-order valence-electron chi connectivity index (χ4n) is 1.90. The molecule has 0 aromatic rings. The molecule has 0 aromatic carbocycles. The van der Waals surface area contributed by atoms with Crippen molar-refractivity contribution < 1.29 is 32.5 Å². The molecule has 0 heterocycles. The fraction of sp³-hybridized carbons (Fsp3) is 0.833. The number of unbranched alkanes of at least 4 members (excludes halogenated alkanes) is 2. The molecule has 1 N–H and O–H groups in total. The lowest BCUT2D eigenvalue weighted by molar-refractivity contribution is -0.117. The number of Topliss-reactive ketones (excluding diaryl/α,β-unsaturated/α-hetero) is 1. The maximum Gasteiger partial charge on any atom is 0.474 e. The molecule has 0 aliphatic rings. The van der Waals surface area contributed by atoms with Crippen molar-refractivity contribution in [2.24, 2.45) is 0 Å². The van der Waals surface area contributed by atoms with Crippen LogP contribution in [0.4, 0.5) is 4.79 Å². The number of nitrogens with zero attached hydrogens (tertiary/aromatic N) is 1. The van der Waals surface area contributed by atoms with E-state index in [0.717, 1.165) is 12.8 Å². The van der Waals surface area contributed by atoms with E-state index in [-0.39, 0.29) is 38.6 Å². The van der Waals surface area contributed by atoms with E-state index < -0.39 is 19.5 Å². The summed E-state index contributed by atoms with van der Waals surface area (Å²) < 4.78 is 33.3. The van der Waals surface area contributed by atoms with Gasteiger partial charge in [0.25, 0.3) is 0 Å². The van der Waals surface area contributed by atoms with Gasteiger partial charge in [0.15, 0.2) is 0 Å². The number of phosphoric acid groups is 1. The van der Waals surface area contributed by atoms with Crippen LogP contribution in [-0.2, 0) is 27.7 Å². The van der Waals surface area contributed by atoms with Gasteiger partial charge in [0, 0.05) is 13.0 Å². The van der Waals surface area contributed by atoms with E-state index >= 15 is 0 Å². The van der Waals surface area contributed by atoms with E-state index in [1.54, 1.807) is 27.7 Å². The molecular formula is C18H33N2O7P. The molecule has 0 bridgehead atoms. The van der Waals surface area contributed by atoms with Crippen molar-refractivity contribution in [2.75, 3.05) is 26.4 Å². The normalized spacial score (nSPS) is 13.4. The first-order valence-electron chi connectivity index (χ1n) is 9.45. The molecule has 0 saturated heterocycles. The van der Waals surface area contributed by atoms with Crippen LogP contribution >= 0.6 is 7.82 Å². The summed E-state index contributed by atoms with van der Waals surface area (Å²) in [5.41, 5.74) is -0.580. The van der Waals surface area contributed by atoms with Gasteiger partial charge < -0.3 is 14.8 Å². The van der Waals surface area contributed by atoms with E-state index in [9.17, 15) is 14.2 Å². The Labute approximate surface area is 167 Å². The first kappa shape index (κ1) is 26.5. The molecule has 0 rings (SSSR count). The molecule has 0 aromatic heterocycles. The second kappa shape index (κ2) is 14.5. The Morgan fingerprint density at radius 3 is 2.18 bits per heavy atom. The molecule has 0 spiro atoms. The molecule has 1 amide bonds. The third-order valence-corrected chi connectivity index (χ3v) is 4.62. The Bertz CT molecular complexity index is 555. The molecule has 0 fully saturated rings. The van der Waals surface area contributed by atoms with Gasteiger partial charge >= 0.3 is 13.9 Å². The molecule has 9 nitrogen and oxygen atoms in total. The molecule has 1 atom stereocenters. The molecule has 1 unspecified atom stereocenters. The molecule has 10 heteroatoms. The van der Waals surface area contributed by atoms with Crippen molar-refractivity contribution in [2.45, 2.75) is 71.8 Å². The predicted octanol–water partition coefficient (Wildman–Crippen LogP) is 4.12. The second-order valence-corrected chi connectivity index (χ2v) is 8.82. The van der Waals surface area contributed by atoms with Crippen molar-refractivity contribution >= 4 is 19.7 Å². The third-order valence-electron chi connectivity index (χ3n) is 3.12. The Balaban J connectivity index is 4.18. The van der Waals surface area contributed by atoms with Gasteiger partial charge in [-0.2, -0.15) is 5.26 Å². The number of rotatable bonds is 15. The highest BCUT2D eigenvalue weighted by Gasteiger charge is 2.26. The molecule has 0 saturated carbocycles. The summed E-state index contributed by atoms with van der Waals surface area (Å²) in [7, 11) is -3.78. The van der Waals surface area contributed by atoms with Crippen molar-refractivity contribution in [3.8, 4) is 6.07 Å². The molecule has 162 valence electrons. The quantitative estimate of drug-likeness (QED) is 0.310. The summed E-state index contributed by atoms with van der Waals surface area (Å²) in [6, 6.07) is 1.89. The smallest absolute Gasteiger partial charge is 0.444 e. The lowest BCUT2D eigenvalue weighted by Crippen LogP contribution is -2.33. The van der Waals surface area contributed by atoms with Crippen LogP contribution in [0.5, 0.6) is 0 Å². The highest BCUT2D eigenvalue weighted by atomic mass is 31.2. The number of amides is 1. The number of nitrogens with one attached hydrogen (secondary N) is 1. The van der Waals surface area contributed by atoms with Gasteiger partial charge in [-0.05, 0) is 47.0 Å². The average Bonchev–Trinajstić information content (AvgIpc) is 2.56. The SMILES string of the molecule is CC(=O)CCCCCOP(=O)(OCCC#N)OCCCNC(=O)OC(C)(C)C. The summed E-state index contributed by atoms with van der Waals surface area (Å²) in [6.07, 6.45) is 2.54. The van der Waals surface area contributed by atoms with E-state index in [1.807, 2.05) is 6.07 Å². The van der Waals surface area contributed by atoms with Crippen molar-refractivity contribution in [1.29, 1.82) is 5.26 Å². The third kappa shape index (κ3) is 16.7. The second-order valence-electron chi connectivity index (χ2n) is 7.15. The zero-order chi connectivity index (χ0) is 21.5. The molecule has 0 aliphatic carbocycles. The Hall–Kier alpha value is -1.46. The molecule has 0 radical (unpaired) electrons. The van der Waals surface area contributed by atoms with Crippen LogP contribution in [0.3, 0.4) is 0 Å². The maximum atomic E-state index is 12.6. The number of phosphoric ester groups is 1. The van der Waals surface area contributed by atoms with Gasteiger partial charge in [0.1, 0.15) is 11.4 Å². The van der Waals surface area contributed by atoms with Gasteiger partial charge in [-0.25, -0.2) is 9.36 Å². The predicted molar refractivity (Wildman–Crippen MR) is 104 cm³/mol. The average molecular weight is 420 g/mol. The minimum absolute atomic E-state index is 0.0456. The number of ether oxygens (including phenoxy) is 1. The fourth-order valence-corrected chi connectivity index (χ4v) is 3.14. The minimum Gasteiger partial charge on any atom is -0.444 e. The molecular weight excluding hydrogens is 387 g/mol. The van der Waals surface area contributed by atoms with Crippen LogP contribution in [0.25, 0.3) is 0 Å². The first-order valence-corrected chi connectivity index (χ1v) is 10.9. The molecule has 28 heavy (non-hydrogen) atoms. The Morgan fingerprint density at radius 1 is 1.00 bits per heavy atom. The van der Waals surface area contributed by atoms with Gasteiger partial charge in [0.2, 0.25) is 0 Å². The molecule has 0 aliphatic heterocycles. The highest BCUT2D eigenvalue weighted by Crippen LogP contribution is 2.49. The maximum absolute atomic E-state index is 12.6. The van der Waals surface area contributed by atoms with Crippen LogP contribution in [0.15, 0.2) is 0 Å². The zero-order valence-corrected chi connectivity index (χ0v) is 18.2. The first-order chi connectivity index (χ1) is 13.1. The largest absolute Gasteiger partial charge is 0.474 e. The van der Waals surface area contributed by atoms with Crippen LogP contribution in [0.1, 0.15) is 66.2 Å². The van der Waals surface area contributed by atoms with Crippen molar-refractivity contribution in [1.82, 2.24) is 5.32 Å². The standard InChI is InChI=1S/C18H33N2O7P/c1-16(21)10-6-5-7-13-24-28(23,25-14-8-11-19)26-15-9-12-20-17(22)27-18(2,3)4/h5-10,12-15H2,1-4H3,(H,20,22). The van der Waals surface area contributed by atoms with Crippen LogP contribution < -0.4 is 5.32 Å². The number of carbonyl (C=O) groups excluding carboxylic acids is 2. The van der Waals surface area contributed by atoms with Crippen molar-refractivity contribution in [3.05, 3.63) is 0 Å². The number of hydrogen-bond acceptors (Lipinski definition) is 8. The number of alkyl carbamates (subject to hydrolysis) is 1. The van der Waals surface area contributed by atoms with Gasteiger partial charge in [-0.15, -0.1) is 0 Å². The summed E-state index contributed by atoms with van der Waals surface area (Å²) >= 11 is 0. The van der Waals surface area contributed by atoms with E-state index in [1.165, 1.54) is 0 Å². The summed E-state index contributed by atoms with van der Waals surface area (Å²) in [6.45, 7) is 7.26. The van der Waals surface area contributed by atoms with E-state index in [4.69, 9.17) is 23.6 Å². The van der Waals surface area contributed by atoms with Gasteiger partial charge in [0.05, 0.1) is 32.3 Å². The summed E-state index contributed by atoms with van der Waals surface area (Å²) in [5, 5.41) is 11.1. The van der Waals surface area contributed by atoms with Gasteiger partial charge in [-0.1, -0.05) is 6.42 Å². The number of hydrogen-bond donors (Lipinski definition) is 1. The number of ketones is 1. The minimum atomic E-state index is -3.78. The van der Waals surface area contributed by atoms with E-state index in [2.05, 4.69) is 5.32 Å². The monoisotopic (exact) mass is 420 g/mol. The Kier molecular flexibility index (Phi) is 13.8. The van der Waals surface area contributed by atoms with Crippen molar-refractivity contribution in [3.63, 3.8) is 0 Å². The Morgan fingerprint density at radius 2 is 1.61 bits per heavy atom. The summed E-state index contributed by atoms with van der Waals surface area (Å²) in [4.78, 5) is 22.4. The topological polar surface area (TPSA) is 124 Å². The highest BCUT2D eigenvalue weighted by molar-refractivity contribution is 7.48. The lowest BCUT2D eigenvalue weighted by Gasteiger charge is -2.20. The van der Waals surface area contributed by atoms with Crippen LogP contribution in [0, 0.1) is 11.3 Å². The van der Waals surface area contributed by atoms with Gasteiger partial charge in [-0.3, -0.25) is 13.6 Å². The number of nitriles is 1.